The van der Waals surface area contributed by atoms with Crippen LogP contribution in [0.25, 0.3) is 10.9 Å². The van der Waals surface area contributed by atoms with Crippen LogP contribution in [0.3, 0.4) is 0 Å². The highest BCUT2D eigenvalue weighted by Crippen LogP contribution is 2.32. The Morgan fingerprint density at radius 2 is 1.73 bits per heavy atom. The van der Waals surface area contributed by atoms with E-state index in [1.165, 1.54) is 6.07 Å². The fourth-order valence-electron chi connectivity index (χ4n) is 2.40. The Bertz CT molecular complexity index is 825. The maximum Gasteiger partial charge on any atom is 0.416 e. The highest BCUT2D eigenvalue weighted by molar-refractivity contribution is 5.91. The zero-order chi connectivity index (χ0) is 15.7. The molecule has 1 aromatic heterocycles. The number of benzene rings is 2. The Hall–Kier alpha value is -2.56. The Kier molecular flexibility index (Phi) is 3.48. The average Bonchev–Trinajstić information content (AvgIpc) is 2.46. The van der Waals surface area contributed by atoms with Crippen LogP contribution in [0.5, 0.6) is 0 Å². The van der Waals surface area contributed by atoms with Crippen molar-refractivity contribution in [2.24, 2.45) is 0 Å². The number of fused-ring (bicyclic) bond motifs is 1. The van der Waals surface area contributed by atoms with Crippen molar-refractivity contribution >= 4 is 22.3 Å². The Morgan fingerprint density at radius 1 is 0.955 bits per heavy atom. The monoisotopic (exact) mass is 303 g/mol. The number of H-pyrrole nitrogens is 1. The number of rotatable bonds is 2. The summed E-state index contributed by atoms with van der Waals surface area (Å²) < 4.78 is 38.4. The van der Waals surface area contributed by atoms with Gasteiger partial charge in [-0.05, 0) is 24.3 Å². The van der Waals surface area contributed by atoms with Crippen molar-refractivity contribution in [1.82, 2.24) is 0 Å². The molecule has 2 N–H and O–H groups in total. The van der Waals surface area contributed by atoms with Crippen molar-refractivity contribution in [3.05, 3.63) is 65.9 Å². The predicted octanol–water partition coefficient (Wildman–Crippen LogP) is 4.72. The van der Waals surface area contributed by atoms with Gasteiger partial charge in [-0.15, -0.1) is 0 Å². The van der Waals surface area contributed by atoms with Gasteiger partial charge in [0.05, 0.1) is 16.6 Å². The van der Waals surface area contributed by atoms with Crippen molar-refractivity contribution in [1.29, 1.82) is 0 Å². The van der Waals surface area contributed by atoms with E-state index in [1.54, 1.807) is 6.07 Å². The number of hydrogen-bond acceptors (Lipinski definition) is 1. The van der Waals surface area contributed by atoms with Gasteiger partial charge in [0, 0.05) is 24.7 Å². The molecular weight excluding hydrogens is 289 g/mol. The molecule has 3 rings (SSSR count). The normalized spacial score (nSPS) is 11.6. The first-order valence-electron chi connectivity index (χ1n) is 6.79. The first kappa shape index (κ1) is 14.4. The highest BCUT2D eigenvalue weighted by Gasteiger charge is 2.30. The van der Waals surface area contributed by atoms with E-state index in [0.29, 0.717) is 5.69 Å². The summed E-state index contributed by atoms with van der Waals surface area (Å²) in [6.07, 6.45) is -4.35. The third-order valence-corrected chi connectivity index (χ3v) is 3.38. The zero-order valence-electron chi connectivity index (χ0n) is 11.8. The van der Waals surface area contributed by atoms with Crippen LogP contribution in [0.2, 0.25) is 0 Å². The van der Waals surface area contributed by atoms with Crippen LogP contribution in [0.4, 0.5) is 24.5 Å². The van der Waals surface area contributed by atoms with E-state index in [1.807, 2.05) is 37.3 Å². The first-order valence-corrected chi connectivity index (χ1v) is 6.79. The summed E-state index contributed by atoms with van der Waals surface area (Å²) >= 11 is 0. The van der Waals surface area contributed by atoms with Gasteiger partial charge in [0.25, 0.3) is 0 Å². The molecule has 0 unspecified atom stereocenters. The average molecular weight is 303 g/mol. The number of aromatic amines is 1. The molecule has 1 heterocycles. The lowest BCUT2D eigenvalue weighted by atomic mass is 10.1. The van der Waals surface area contributed by atoms with E-state index in [2.05, 4.69) is 10.3 Å². The van der Waals surface area contributed by atoms with Crippen molar-refractivity contribution in [2.45, 2.75) is 13.1 Å². The molecule has 0 atom stereocenters. The summed E-state index contributed by atoms with van der Waals surface area (Å²) in [7, 11) is 0. The molecule has 0 amide bonds. The molecule has 0 bridgehead atoms. The maximum atomic E-state index is 12.8. The van der Waals surface area contributed by atoms with Gasteiger partial charge in [-0.3, -0.25) is 0 Å². The Labute approximate surface area is 125 Å². The minimum Gasteiger partial charge on any atom is -0.355 e. The number of aryl methyl sites for hydroxylation is 1. The summed E-state index contributed by atoms with van der Waals surface area (Å²) in [6, 6.07) is 14.7. The molecule has 22 heavy (non-hydrogen) atoms. The molecule has 2 nitrogen and oxygen atoms in total. The van der Waals surface area contributed by atoms with Gasteiger partial charge in [0.1, 0.15) is 0 Å². The van der Waals surface area contributed by atoms with Crippen LogP contribution in [-0.2, 0) is 6.18 Å². The molecule has 0 radical (unpaired) electrons. The van der Waals surface area contributed by atoms with Crippen molar-refractivity contribution in [3.8, 4) is 0 Å². The fourth-order valence-corrected chi connectivity index (χ4v) is 2.40. The van der Waals surface area contributed by atoms with Crippen LogP contribution < -0.4 is 10.3 Å². The second-order valence-electron chi connectivity index (χ2n) is 5.12. The lowest BCUT2D eigenvalue weighted by Gasteiger charge is -2.11. The van der Waals surface area contributed by atoms with E-state index in [9.17, 15) is 13.2 Å². The van der Waals surface area contributed by atoms with E-state index in [0.717, 1.165) is 34.4 Å². The molecular formula is C17H14F3N2+. The minimum atomic E-state index is -4.35. The Balaban J connectivity index is 2.04. The third-order valence-electron chi connectivity index (χ3n) is 3.38. The molecule has 112 valence electrons. The predicted molar refractivity (Wildman–Crippen MR) is 80.0 cm³/mol. The second-order valence-corrected chi connectivity index (χ2v) is 5.12. The number of anilines is 2. The van der Waals surface area contributed by atoms with Crippen LogP contribution in [0, 0.1) is 6.92 Å². The first-order chi connectivity index (χ1) is 10.4. The van der Waals surface area contributed by atoms with E-state index in [-0.39, 0.29) is 0 Å². The highest BCUT2D eigenvalue weighted by atomic mass is 19.4. The van der Waals surface area contributed by atoms with Crippen molar-refractivity contribution in [2.75, 3.05) is 5.32 Å². The SMILES string of the molecule is Cc1cc(Nc2cccc(C(F)(F)F)c2)c2ccccc2[nH+]1. The topological polar surface area (TPSA) is 26.2 Å². The number of nitrogens with one attached hydrogen (secondary N) is 2. The van der Waals surface area contributed by atoms with Crippen molar-refractivity contribution < 1.29 is 18.2 Å². The van der Waals surface area contributed by atoms with Crippen molar-refractivity contribution in [3.63, 3.8) is 0 Å². The summed E-state index contributed by atoms with van der Waals surface area (Å²) in [5, 5.41) is 4.00. The van der Waals surface area contributed by atoms with E-state index in [4.69, 9.17) is 0 Å². The van der Waals surface area contributed by atoms with Crippen LogP contribution in [-0.4, -0.2) is 0 Å². The molecule has 5 heteroatoms. The minimum absolute atomic E-state index is 0.408. The number of halogens is 3. The standard InChI is InChI=1S/C17H13F3N2/c1-11-9-16(14-7-2-3-8-15(14)21-11)22-13-6-4-5-12(10-13)17(18,19)20/h2-10H,1H3,(H,21,22)/p+1. The molecule has 0 aliphatic heterocycles. The second kappa shape index (κ2) is 5.33. The number of alkyl halides is 3. The van der Waals surface area contributed by atoms with Crippen LogP contribution in [0.1, 0.15) is 11.3 Å². The van der Waals surface area contributed by atoms with Crippen LogP contribution in [0.15, 0.2) is 54.6 Å². The largest absolute Gasteiger partial charge is 0.416 e. The molecule has 0 saturated carbocycles. The number of pyridine rings is 1. The lowest BCUT2D eigenvalue weighted by Crippen LogP contribution is -2.10. The van der Waals surface area contributed by atoms with Gasteiger partial charge in [-0.25, -0.2) is 4.98 Å². The summed E-state index contributed by atoms with van der Waals surface area (Å²) in [4.78, 5) is 3.23. The molecule has 0 spiro atoms. The zero-order valence-corrected chi connectivity index (χ0v) is 11.8. The summed E-state index contributed by atoms with van der Waals surface area (Å²) in [5.74, 6) is 0. The van der Waals surface area contributed by atoms with E-state index < -0.39 is 11.7 Å². The maximum absolute atomic E-state index is 12.8. The quantitative estimate of drug-likeness (QED) is 0.728. The smallest absolute Gasteiger partial charge is 0.355 e. The lowest BCUT2D eigenvalue weighted by molar-refractivity contribution is -0.354. The van der Waals surface area contributed by atoms with Gasteiger partial charge < -0.3 is 5.32 Å². The van der Waals surface area contributed by atoms with E-state index >= 15 is 0 Å². The number of aromatic nitrogens is 1. The third kappa shape index (κ3) is 2.88. The van der Waals surface area contributed by atoms with Crippen LogP contribution >= 0.6 is 0 Å². The molecule has 0 aliphatic rings. The molecule has 0 aliphatic carbocycles. The molecule has 3 aromatic rings. The number of hydrogen-bond donors (Lipinski definition) is 1. The van der Waals surface area contributed by atoms with Gasteiger partial charge >= 0.3 is 6.18 Å². The Morgan fingerprint density at radius 3 is 2.50 bits per heavy atom. The molecule has 0 fully saturated rings. The molecule has 0 saturated heterocycles. The van der Waals surface area contributed by atoms with Gasteiger partial charge in [-0.2, -0.15) is 13.2 Å². The van der Waals surface area contributed by atoms with Gasteiger partial charge in [0.2, 0.25) is 5.52 Å². The number of para-hydroxylation sites is 1. The summed E-state index contributed by atoms with van der Waals surface area (Å²) in [6.45, 7) is 1.91. The fraction of sp³-hybridized carbons (Fsp3) is 0.118. The van der Waals surface area contributed by atoms with Gasteiger partial charge in [-0.1, -0.05) is 18.2 Å². The molecule has 2 aromatic carbocycles. The summed E-state index contributed by atoms with van der Waals surface area (Å²) in [5.41, 5.74) is 2.36. The van der Waals surface area contributed by atoms with Gasteiger partial charge in [0.15, 0.2) is 5.69 Å².